The standard InChI is InChI=1S/Co.Li.Mn.Ni.H3O4P.O.H/c;;;;1-5(2,3)4;;/h;;;;(H3,1,2,3,4);;. The van der Waals surface area contributed by atoms with Crippen molar-refractivity contribution in [2.75, 3.05) is 0 Å². The number of phosphoric acid groups is 1. The van der Waals surface area contributed by atoms with Gasteiger partial charge >= 0.3 is 46.5 Å². The second kappa shape index (κ2) is 17.2. The van der Waals surface area contributed by atoms with Gasteiger partial charge in [-0.2, -0.15) is 0 Å². The summed E-state index contributed by atoms with van der Waals surface area (Å²) in [5, 5.41) is 0. The van der Waals surface area contributed by atoms with Crippen LogP contribution in [0.4, 0.5) is 0 Å². The summed E-state index contributed by atoms with van der Waals surface area (Å²) in [4.78, 5) is 21.6. The number of hydrogen-bond donors (Lipinski definition) is 3. The molecule has 0 amide bonds. The summed E-state index contributed by atoms with van der Waals surface area (Å²) in [5.74, 6) is 0. The topological polar surface area (TPSA) is 94.8 Å². The second-order valence-electron chi connectivity index (χ2n) is 0.513. The van der Waals surface area contributed by atoms with Crippen LogP contribution in [0.1, 0.15) is 0 Å². The predicted octanol–water partition coefficient (Wildman–Crippen LogP) is -1.70. The molecule has 0 aromatic heterocycles. The average Bonchev–Trinajstić information content (AvgIpc) is 1.36. The van der Waals surface area contributed by atoms with Crippen molar-refractivity contribution in [3.63, 3.8) is 0 Å². The van der Waals surface area contributed by atoms with Gasteiger partial charge in [-0.05, 0) is 0 Å². The molecule has 0 aromatic carbocycles. The summed E-state index contributed by atoms with van der Waals surface area (Å²) in [6.45, 7) is 0. The summed E-state index contributed by atoms with van der Waals surface area (Å²) in [7, 11) is -4.64. The molecule has 0 aliphatic carbocycles. The van der Waals surface area contributed by atoms with Gasteiger partial charge < -0.3 is 14.7 Å². The molecule has 0 rings (SSSR count). The maximum atomic E-state index is 8.88. The molecule has 0 heterocycles. The van der Waals surface area contributed by atoms with E-state index < -0.39 is 7.82 Å². The molecule has 3 N–H and O–H groups in total. The van der Waals surface area contributed by atoms with Crippen LogP contribution in [0.25, 0.3) is 0 Å². The Balaban J connectivity index is -0.0000000154. The first-order chi connectivity index (χ1) is 3.00. The first kappa shape index (κ1) is 29.6. The molecule has 0 unspecified atom stereocenters. The second-order valence-corrected chi connectivity index (χ2v) is 1.54. The monoisotopic (exact) mass is 294 g/mol. The van der Waals surface area contributed by atoms with E-state index in [9.17, 15) is 0 Å². The Morgan fingerprint density at radius 3 is 1.10 bits per heavy atom. The molecule has 0 bridgehead atoms. The van der Waals surface area contributed by atoms with Crippen LogP contribution in [0.3, 0.4) is 0 Å². The normalized spacial score (nSPS) is 6.30. The molecular weight excluding hydrogens is 290 g/mol. The molecule has 0 saturated carbocycles. The minimum absolute atomic E-state index is 0. The maximum absolute atomic E-state index is 8.88. The van der Waals surface area contributed by atoms with Crippen LogP contribution in [-0.2, 0) is 57.6 Å². The van der Waals surface area contributed by atoms with E-state index in [1.165, 1.54) is 0 Å². The minimum atomic E-state index is -4.64. The molecule has 10 heavy (non-hydrogen) atoms. The van der Waals surface area contributed by atoms with Gasteiger partial charge in [0.25, 0.3) is 0 Å². The van der Waals surface area contributed by atoms with E-state index in [2.05, 4.69) is 0 Å². The molecule has 0 aliphatic rings. The fourth-order valence-corrected chi connectivity index (χ4v) is 0. The molecule has 66 valence electrons. The van der Waals surface area contributed by atoms with Gasteiger partial charge in [0.2, 0.25) is 0 Å². The van der Waals surface area contributed by atoms with Crippen LogP contribution in [0.2, 0.25) is 0 Å². The quantitative estimate of drug-likeness (QED) is 0.365. The molecule has 0 aliphatic heterocycles. The first-order valence-corrected chi connectivity index (χ1v) is 2.98. The van der Waals surface area contributed by atoms with Crippen molar-refractivity contribution in [2.24, 2.45) is 0 Å². The molecule has 0 aromatic rings. The van der Waals surface area contributed by atoms with Gasteiger partial charge in [-0.25, -0.2) is 4.57 Å². The van der Waals surface area contributed by atoms with E-state index in [1.54, 1.807) is 15.9 Å². The van der Waals surface area contributed by atoms with Gasteiger partial charge in [-0.3, -0.25) is 0 Å². The summed E-state index contributed by atoms with van der Waals surface area (Å²) in [6.07, 6.45) is 0. The molecular formula is H4CoLiMnNiO5P. The Hall–Kier alpha value is 2.03. The predicted molar refractivity (Wildman–Crippen MR) is 22.1 cm³/mol. The zero-order valence-electron chi connectivity index (χ0n) is 3.63. The van der Waals surface area contributed by atoms with E-state index in [4.69, 9.17) is 23.1 Å². The van der Waals surface area contributed by atoms with Crippen LogP contribution in [0.5, 0.6) is 0 Å². The van der Waals surface area contributed by atoms with Crippen molar-refractivity contribution >= 4 is 26.7 Å². The van der Waals surface area contributed by atoms with Crippen molar-refractivity contribution in [3.8, 4) is 0 Å². The van der Waals surface area contributed by atoms with Gasteiger partial charge in [0.15, 0.2) is 0 Å². The van der Waals surface area contributed by atoms with Crippen LogP contribution in [0.15, 0.2) is 0 Å². The Morgan fingerprint density at radius 2 is 1.10 bits per heavy atom. The molecule has 1 radical (unpaired) electrons. The van der Waals surface area contributed by atoms with Crippen molar-refractivity contribution in [3.05, 3.63) is 0 Å². The average molecular weight is 295 g/mol. The molecule has 5 nitrogen and oxygen atoms in total. The summed E-state index contributed by atoms with van der Waals surface area (Å²) < 4.78 is 16.9. The Labute approximate surface area is 98.3 Å². The fraction of sp³-hybridized carbons (Fsp3) is 0. The molecule has 0 fully saturated rings. The number of hydrogen-bond acceptors (Lipinski definition) is 2. The number of rotatable bonds is 0. The van der Waals surface area contributed by atoms with E-state index in [0.29, 0.717) is 0 Å². The van der Waals surface area contributed by atoms with Crippen LogP contribution < -0.4 is 0 Å². The summed E-state index contributed by atoms with van der Waals surface area (Å²) in [5.41, 5.74) is 0. The molecule has 0 spiro atoms. The van der Waals surface area contributed by atoms with Crippen molar-refractivity contribution in [2.45, 2.75) is 0 Å². The fourth-order valence-electron chi connectivity index (χ4n) is 0. The van der Waals surface area contributed by atoms with Crippen LogP contribution >= 0.6 is 7.82 Å². The Kier molecular flexibility index (Phi) is 51.0. The van der Waals surface area contributed by atoms with Crippen LogP contribution in [-0.4, -0.2) is 33.5 Å². The molecule has 10 heteroatoms. The van der Waals surface area contributed by atoms with Gasteiger partial charge in [0.05, 0.1) is 0 Å². The van der Waals surface area contributed by atoms with Gasteiger partial charge in [-0.15, -0.1) is 0 Å². The Morgan fingerprint density at radius 1 is 1.10 bits per heavy atom. The third kappa shape index (κ3) is 199. The summed E-state index contributed by atoms with van der Waals surface area (Å²) >= 11 is 1.69. The Bertz CT molecular complexity index is 77.5. The molecule has 0 saturated heterocycles. The van der Waals surface area contributed by atoms with E-state index in [0.717, 1.165) is 0 Å². The van der Waals surface area contributed by atoms with Gasteiger partial charge in [0, 0.05) is 33.3 Å². The zero-order chi connectivity index (χ0) is 6.50. The third-order valence-corrected chi connectivity index (χ3v) is 0. The first-order valence-electron chi connectivity index (χ1n) is 0.937. The van der Waals surface area contributed by atoms with Gasteiger partial charge in [-0.1, -0.05) is 0 Å². The van der Waals surface area contributed by atoms with E-state index >= 15 is 0 Å². The van der Waals surface area contributed by atoms with E-state index in [1.807, 2.05) is 0 Å². The third-order valence-electron chi connectivity index (χ3n) is 0. The van der Waals surface area contributed by atoms with Crippen molar-refractivity contribution < 1.29 is 72.3 Å². The summed E-state index contributed by atoms with van der Waals surface area (Å²) in [6, 6.07) is 0. The van der Waals surface area contributed by atoms with E-state index in [-0.39, 0.29) is 52.1 Å². The SMILES string of the molecule is O=P(O)(O)O.[Co].[LiH].[Ni].[O]=[Mn]. The van der Waals surface area contributed by atoms with Crippen molar-refractivity contribution in [1.82, 2.24) is 0 Å². The van der Waals surface area contributed by atoms with Gasteiger partial charge in [0.1, 0.15) is 0 Å². The zero-order valence-corrected chi connectivity index (χ0v) is 7.74. The van der Waals surface area contributed by atoms with Crippen LogP contribution in [0, 0.1) is 0 Å². The molecule has 0 atom stereocenters. The van der Waals surface area contributed by atoms with Crippen molar-refractivity contribution in [1.29, 1.82) is 0 Å².